The Labute approximate surface area is 78.9 Å². The van der Waals surface area contributed by atoms with E-state index in [1.165, 1.54) is 0 Å². The van der Waals surface area contributed by atoms with Gasteiger partial charge in [-0.25, -0.2) is 0 Å². The Morgan fingerprint density at radius 1 is 1.36 bits per heavy atom. The molecule has 0 aliphatic heterocycles. The first kappa shape index (κ1) is 13.2. The van der Waals surface area contributed by atoms with Crippen molar-refractivity contribution in [3.05, 3.63) is 10.1 Å². The van der Waals surface area contributed by atoms with Crippen molar-refractivity contribution in [1.29, 1.82) is 0 Å². The topological polar surface area (TPSA) is 63.4 Å². The summed E-state index contributed by atoms with van der Waals surface area (Å²) in [7, 11) is 0. The van der Waals surface area contributed by atoms with Crippen molar-refractivity contribution in [2.75, 3.05) is 0 Å². The first-order valence-electron chi connectivity index (χ1n) is 4.19. The summed E-state index contributed by atoms with van der Waals surface area (Å²) in [6.07, 6.45) is -5.08. The number of aliphatic hydroxyl groups is 1. The summed E-state index contributed by atoms with van der Waals surface area (Å²) in [6.45, 7) is 1.75. The Morgan fingerprint density at radius 3 is 2.14 bits per heavy atom. The molecule has 0 aliphatic carbocycles. The van der Waals surface area contributed by atoms with Crippen LogP contribution in [0.1, 0.15) is 32.6 Å². The molecule has 0 rings (SSSR count). The lowest BCUT2D eigenvalue weighted by Gasteiger charge is -2.21. The average Bonchev–Trinajstić information content (AvgIpc) is 2.02. The molecule has 0 aliphatic rings. The van der Waals surface area contributed by atoms with Gasteiger partial charge in [-0.15, -0.1) is 0 Å². The molecule has 7 heteroatoms. The van der Waals surface area contributed by atoms with Crippen LogP contribution in [0.25, 0.3) is 0 Å². The van der Waals surface area contributed by atoms with Crippen LogP contribution < -0.4 is 0 Å². The highest BCUT2D eigenvalue weighted by Crippen LogP contribution is 2.34. The van der Waals surface area contributed by atoms with E-state index < -0.39 is 23.2 Å². The van der Waals surface area contributed by atoms with Gasteiger partial charge >= 0.3 is 11.9 Å². The highest BCUT2D eigenvalue weighted by molar-refractivity contribution is 4.75. The summed E-state index contributed by atoms with van der Waals surface area (Å²) in [5.41, 5.74) is -3.79. The number of nitrogens with zero attached hydrogens (tertiary/aromatic N) is 1. The van der Waals surface area contributed by atoms with E-state index in [4.69, 9.17) is 5.11 Å². The van der Waals surface area contributed by atoms with E-state index in [0.29, 0.717) is 12.8 Å². The SMILES string of the molecule is CCCCCC(O)([N+](=O)[O-])C(F)(F)F. The summed E-state index contributed by atoms with van der Waals surface area (Å²) in [5, 5.41) is 18.9. The second-order valence-corrected chi connectivity index (χ2v) is 3.03. The highest BCUT2D eigenvalue weighted by Gasteiger charge is 2.64. The molecule has 0 aromatic rings. The van der Waals surface area contributed by atoms with Crippen molar-refractivity contribution in [1.82, 2.24) is 0 Å². The normalized spacial score (nSPS) is 16.4. The first-order valence-corrected chi connectivity index (χ1v) is 4.19. The number of nitro groups is 1. The molecule has 4 nitrogen and oxygen atoms in total. The average molecular weight is 215 g/mol. The number of alkyl halides is 3. The van der Waals surface area contributed by atoms with Gasteiger partial charge in [0.05, 0.1) is 11.3 Å². The molecule has 0 bridgehead atoms. The maximum absolute atomic E-state index is 12.1. The Hall–Kier alpha value is -0.850. The van der Waals surface area contributed by atoms with Gasteiger partial charge in [-0.3, -0.25) is 10.1 Å². The number of hydrogen-bond acceptors (Lipinski definition) is 3. The lowest BCUT2D eigenvalue weighted by atomic mass is 10.1. The third-order valence-electron chi connectivity index (χ3n) is 1.88. The zero-order valence-corrected chi connectivity index (χ0v) is 7.67. The predicted octanol–water partition coefficient (Wildman–Crippen LogP) is 2.09. The fourth-order valence-corrected chi connectivity index (χ4v) is 0.958. The fraction of sp³-hybridized carbons (Fsp3) is 1.00. The molecule has 84 valence electrons. The minimum Gasteiger partial charge on any atom is -0.323 e. The third kappa shape index (κ3) is 2.83. The standard InChI is InChI=1S/C7H12F3NO3/c1-2-3-4-5-6(12,11(13)14)7(8,9)10/h12H,2-5H2,1H3. The Bertz CT molecular complexity index is 207. The summed E-state index contributed by atoms with van der Waals surface area (Å²) in [5.74, 6) is 0. The molecule has 14 heavy (non-hydrogen) atoms. The monoisotopic (exact) mass is 215 g/mol. The van der Waals surface area contributed by atoms with Gasteiger partial charge in [0.2, 0.25) is 0 Å². The van der Waals surface area contributed by atoms with Crippen LogP contribution >= 0.6 is 0 Å². The van der Waals surface area contributed by atoms with Crippen LogP contribution in [0.2, 0.25) is 0 Å². The number of unbranched alkanes of at least 4 members (excludes halogenated alkanes) is 2. The Morgan fingerprint density at radius 2 is 1.86 bits per heavy atom. The summed E-state index contributed by atoms with van der Waals surface area (Å²) < 4.78 is 36.3. The van der Waals surface area contributed by atoms with Gasteiger partial charge in [-0.2, -0.15) is 13.2 Å². The summed E-state index contributed by atoms with van der Waals surface area (Å²) in [4.78, 5) is 8.42. The number of halogens is 3. The molecule has 0 fully saturated rings. The predicted molar refractivity (Wildman–Crippen MR) is 42.1 cm³/mol. The molecule has 0 aromatic heterocycles. The van der Waals surface area contributed by atoms with Gasteiger partial charge < -0.3 is 5.11 Å². The van der Waals surface area contributed by atoms with Gasteiger partial charge in [-0.05, 0) is 6.42 Å². The van der Waals surface area contributed by atoms with Crippen molar-refractivity contribution < 1.29 is 23.2 Å². The molecule has 0 aromatic carbocycles. The quantitative estimate of drug-likeness (QED) is 0.330. The first-order chi connectivity index (χ1) is 6.25. The summed E-state index contributed by atoms with van der Waals surface area (Å²) in [6, 6.07) is 0. The lowest BCUT2D eigenvalue weighted by molar-refractivity contribution is -0.668. The molecule has 1 unspecified atom stereocenters. The molecule has 0 amide bonds. The van der Waals surface area contributed by atoms with Crippen molar-refractivity contribution in [3.8, 4) is 0 Å². The van der Waals surface area contributed by atoms with Gasteiger partial charge in [0.25, 0.3) is 0 Å². The maximum Gasteiger partial charge on any atom is 0.489 e. The van der Waals surface area contributed by atoms with E-state index >= 15 is 0 Å². The van der Waals surface area contributed by atoms with E-state index in [1.54, 1.807) is 6.92 Å². The van der Waals surface area contributed by atoms with E-state index in [2.05, 4.69) is 0 Å². The number of hydrogen-bond donors (Lipinski definition) is 1. The van der Waals surface area contributed by atoms with Crippen molar-refractivity contribution in [2.24, 2.45) is 0 Å². The van der Waals surface area contributed by atoms with Crippen LogP contribution in [0.5, 0.6) is 0 Å². The zero-order chi connectivity index (χ0) is 11.4. The highest BCUT2D eigenvalue weighted by atomic mass is 19.4. The van der Waals surface area contributed by atoms with E-state index in [1.807, 2.05) is 0 Å². The van der Waals surface area contributed by atoms with Gasteiger partial charge in [0.1, 0.15) is 0 Å². The Balaban J connectivity index is 4.50. The van der Waals surface area contributed by atoms with E-state index in [9.17, 15) is 23.3 Å². The maximum atomic E-state index is 12.1. The molecule has 1 atom stereocenters. The molecular formula is C7H12F3NO3. The molecule has 0 saturated carbocycles. The van der Waals surface area contributed by atoms with Crippen LogP contribution in [0.3, 0.4) is 0 Å². The van der Waals surface area contributed by atoms with Crippen LogP contribution in [0.4, 0.5) is 13.2 Å². The molecular weight excluding hydrogens is 203 g/mol. The van der Waals surface area contributed by atoms with Gasteiger partial charge in [0.15, 0.2) is 0 Å². The number of rotatable bonds is 5. The molecule has 0 saturated heterocycles. The van der Waals surface area contributed by atoms with Crippen molar-refractivity contribution in [3.63, 3.8) is 0 Å². The smallest absolute Gasteiger partial charge is 0.323 e. The van der Waals surface area contributed by atoms with Crippen molar-refractivity contribution >= 4 is 0 Å². The molecule has 0 heterocycles. The van der Waals surface area contributed by atoms with E-state index in [-0.39, 0.29) is 6.42 Å². The molecule has 1 N–H and O–H groups in total. The van der Waals surface area contributed by atoms with Crippen LogP contribution in [0, 0.1) is 10.1 Å². The Kier molecular flexibility index (Phi) is 4.31. The van der Waals surface area contributed by atoms with Crippen molar-refractivity contribution in [2.45, 2.75) is 44.5 Å². The lowest BCUT2D eigenvalue weighted by Crippen LogP contribution is -2.51. The van der Waals surface area contributed by atoms with Crippen LogP contribution in [-0.2, 0) is 0 Å². The third-order valence-corrected chi connectivity index (χ3v) is 1.88. The minimum atomic E-state index is -5.22. The zero-order valence-electron chi connectivity index (χ0n) is 7.67. The molecule has 0 radical (unpaired) electrons. The van der Waals surface area contributed by atoms with Crippen LogP contribution in [-0.4, -0.2) is 21.9 Å². The largest absolute Gasteiger partial charge is 0.489 e. The fourth-order valence-electron chi connectivity index (χ4n) is 0.958. The molecule has 0 spiro atoms. The minimum absolute atomic E-state index is 0.0203. The van der Waals surface area contributed by atoms with E-state index in [0.717, 1.165) is 0 Å². The van der Waals surface area contributed by atoms with Gasteiger partial charge in [-0.1, -0.05) is 19.8 Å². The summed E-state index contributed by atoms with van der Waals surface area (Å²) >= 11 is 0. The van der Waals surface area contributed by atoms with Crippen LogP contribution in [0.15, 0.2) is 0 Å². The van der Waals surface area contributed by atoms with Gasteiger partial charge in [0, 0.05) is 0 Å². The second-order valence-electron chi connectivity index (χ2n) is 3.03. The second kappa shape index (κ2) is 4.59.